The molecule has 0 aromatic heterocycles. The van der Waals surface area contributed by atoms with E-state index in [4.69, 9.17) is 5.21 Å². The summed E-state index contributed by atoms with van der Waals surface area (Å²) in [7, 11) is 0. The number of nitrogens with zero attached hydrogens (tertiary/aromatic N) is 1. The van der Waals surface area contributed by atoms with Crippen molar-refractivity contribution >= 4 is 11.8 Å². The van der Waals surface area contributed by atoms with E-state index in [2.05, 4.69) is 12.1 Å². The first-order valence-electron chi connectivity index (χ1n) is 9.06. The summed E-state index contributed by atoms with van der Waals surface area (Å²) in [5.41, 5.74) is 2.96. The Morgan fingerprint density at radius 1 is 1.00 bits per heavy atom. The highest BCUT2D eigenvalue weighted by Gasteiger charge is 2.41. The van der Waals surface area contributed by atoms with Gasteiger partial charge in [-0.05, 0) is 43.6 Å². The van der Waals surface area contributed by atoms with Gasteiger partial charge in [0.25, 0.3) is 0 Å². The first kappa shape index (κ1) is 17.9. The molecule has 2 fully saturated rings. The number of benzene rings is 1. The minimum absolute atomic E-state index is 0.0213. The molecule has 0 spiro atoms. The molecule has 1 heterocycles. The fraction of sp³-hybridized carbons (Fsp3) is 0.579. The molecule has 3 unspecified atom stereocenters. The number of hydrogen-bond donors (Lipinski definition) is 3. The second kappa shape index (κ2) is 7.97. The van der Waals surface area contributed by atoms with Gasteiger partial charge in [0.2, 0.25) is 11.8 Å². The Kier molecular flexibility index (Phi) is 5.71. The number of amides is 2. The van der Waals surface area contributed by atoms with E-state index in [9.17, 15) is 14.7 Å². The molecule has 3 rings (SSSR count). The lowest BCUT2D eigenvalue weighted by Gasteiger charge is -2.38. The van der Waals surface area contributed by atoms with Crippen LogP contribution in [-0.2, 0) is 9.59 Å². The quantitative estimate of drug-likeness (QED) is 0.574. The van der Waals surface area contributed by atoms with Crippen LogP contribution in [0.1, 0.15) is 43.6 Å². The van der Waals surface area contributed by atoms with E-state index in [-0.39, 0.29) is 12.3 Å². The van der Waals surface area contributed by atoms with Crippen molar-refractivity contribution in [1.29, 1.82) is 0 Å². The highest BCUT2D eigenvalue weighted by atomic mass is 16.5. The van der Waals surface area contributed by atoms with E-state index in [0.717, 1.165) is 12.8 Å². The van der Waals surface area contributed by atoms with Gasteiger partial charge in [0.15, 0.2) is 0 Å². The normalized spacial score (nSPS) is 27.8. The maximum Gasteiger partial charge on any atom is 0.247 e. The average Bonchev–Trinajstić information content (AvgIpc) is 2.67. The molecule has 1 aliphatic heterocycles. The molecular formula is C19H26N2O4. The van der Waals surface area contributed by atoms with E-state index in [1.165, 1.54) is 5.56 Å². The maximum atomic E-state index is 12.9. The average molecular weight is 346 g/mol. The number of aliphatic hydroxyl groups excluding tert-OH is 1. The number of piperidine rings is 1. The summed E-state index contributed by atoms with van der Waals surface area (Å²) >= 11 is 0. The summed E-state index contributed by atoms with van der Waals surface area (Å²) in [4.78, 5) is 26.7. The second-order valence-electron chi connectivity index (χ2n) is 7.17. The van der Waals surface area contributed by atoms with Crippen LogP contribution in [0.25, 0.3) is 0 Å². The van der Waals surface area contributed by atoms with Gasteiger partial charge in [-0.3, -0.25) is 14.8 Å². The van der Waals surface area contributed by atoms with Crippen molar-refractivity contribution in [3.63, 3.8) is 0 Å². The summed E-state index contributed by atoms with van der Waals surface area (Å²) in [5.74, 6) is -1.24. The molecule has 1 saturated heterocycles. The molecule has 25 heavy (non-hydrogen) atoms. The molecule has 1 saturated carbocycles. The van der Waals surface area contributed by atoms with Crippen LogP contribution in [0, 0.1) is 11.8 Å². The van der Waals surface area contributed by atoms with Gasteiger partial charge < -0.3 is 10.0 Å². The molecule has 3 atom stereocenters. The summed E-state index contributed by atoms with van der Waals surface area (Å²) in [6.45, 7) is 1.37. The van der Waals surface area contributed by atoms with E-state index < -0.39 is 23.8 Å². The highest BCUT2D eigenvalue weighted by Crippen LogP contribution is 2.34. The number of hydroxylamine groups is 1. The zero-order valence-electron chi connectivity index (χ0n) is 14.3. The van der Waals surface area contributed by atoms with Crippen LogP contribution in [0.5, 0.6) is 0 Å². The Balaban J connectivity index is 1.62. The highest BCUT2D eigenvalue weighted by molar-refractivity contribution is 5.87. The Morgan fingerprint density at radius 3 is 2.32 bits per heavy atom. The van der Waals surface area contributed by atoms with Crippen LogP contribution >= 0.6 is 0 Å². The summed E-state index contributed by atoms with van der Waals surface area (Å²) in [6.07, 6.45) is 2.48. The molecule has 0 radical (unpaired) electrons. The number of aliphatic hydroxyl groups is 1. The van der Waals surface area contributed by atoms with Gasteiger partial charge in [-0.2, -0.15) is 0 Å². The minimum atomic E-state index is -0.659. The van der Waals surface area contributed by atoms with Crippen LogP contribution in [-0.4, -0.2) is 46.2 Å². The molecule has 1 aromatic rings. The Morgan fingerprint density at radius 2 is 1.68 bits per heavy atom. The van der Waals surface area contributed by atoms with Crippen molar-refractivity contribution in [2.75, 3.05) is 13.1 Å². The fourth-order valence-electron chi connectivity index (χ4n) is 4.21. The number of hydrogen-bond acceptors (Lipinski definition) is 4. The summed E-state index contributed by atoms with van der Waals surface area (Å²) in [6, 6.07) is 10.3. The van der Waals surface area contributed by atoms with Crippen LogP contribution in [0.15, 0.2) is 30.3 Å². The first-order chi connectivity index (χ1) is 12.1. The Hall–Kier alpha value is -1.92. The summed E-state index contributed by atoms with van der Waals surface area (Å²) < 4.78 is 0. The number of carbonyl (C=O) groups is 2. The van der Waals surface area contributed by atoms with Crippen molar-refractivity contribution in [3.05, 3.63) is 35.9 Å². The second-order valence-corrected chi connectivity index (χ2v) is 7.17. The molecule has 1 aromatic carbocycles. The first-order valence-corrected chi connectivity index (χ1v) is 9.06. The lowest BCUT2D eigenvalue weighted by atomic mass is 9.76. The van der Waals surface area contributed by atoms with E-state index >= 15 is 0 Å². The lowest BCUT2D eigenvalue weighted by Crippen LogP contribution is -2.48. The van der Waals surface area contributed by atoms with Gasteiger partial charge in [0.1, 0.15) is 0 Å². The van der Waals surface area contributed by atoms with Crippen molar-refractivity contribution in [2.45, 2.75) is 44.1 Å². The Bertz CT molecular complexity index is 599. The summed E-state index contributed by atoms with van der Waals surface area (Å²) in [5, 5.41) is 18.7. The monoisotopic (exact) mass is 346 g/mol. The third-order valence-electron chi connectivity index (χ3n) is 5.66. The zero-order chi connectivity index (χ0) is 17.8. The molecule has 6 heteroatoms. The largest absolute Gasteiger partial charge is 0.393 e. The third kappa shape index (κ3) is 4.02. The van der Waals surface area contributed by atoms with Crippen LogP contribution in [0.2, 0.25) is 0 Å². The number of carbonyl (C=O) groups excluding carboxylic acids is 2. The number of rotatable bonds is 3. The van der Waals surface area contributed by atoms with Crippen molar-refractivity contribution in [1.82, 2.24) is 10.4 Å². The minimum Gasteiger partial charge on any atom is -0.393 e. The lowest BCUT2D eigenvalue weighted by molar-refractivity contribution is -0.149. The van der Waals surface area contributed by atoms with Gasteiger partial charge in [-0.15, -0.1) is 0 Å². The molecule has 2 amide bonds. The zero-order valence-corrected chi connectivity index (χ0v) is 14.3. The molecule has 3 N–H and O–H groups in total. The molecule has 2 aliphatic rings. The smallest absolute Gasteiger partial charge is 0.247 e. The fourth-order valence-corrected chi connectivity index (χ4v) is 4.21. The Labute approximate surface area is 147 Å². The molecule has 136 valence electrons. The topological polar surface area (TPSA) is 89.9 Å². The molecule has 6 nitrogen and oxygen atoms in total. The molecule has 0 bridgehead atoms. The van der Waals surface area contributed by atoms with E-state index in [0.29, 0.717) is 31.8 Å². The van der Waals surface area contributed by atoms with Gasteiger partial charge >= 0.3 is 0 Å². The van der Waals surface area contributed by atoms with Crippen LogP contribution in [0.4, 0.5) is 0 Å². The SMILES string of the molecule is O=C(NO)C1CC(O)CCC1C(=O)N1CCC(c2ccccc2)CC1. The van der Waals surface area contributed by atoms with Crippen LogP contribution < -0.4 is 5.48 Å². The van der Waals surface area contributed by atoms with E-state index in [1.807, 2.05) is 23.1 Å². The molecule has 1 aliphatic carbocycles. The maximum absolute atomic E-state index is 12.9. The van der Waals surface area contributed by atoms with Crippen molar-refractivity contribution in [3.8, 4) is 0 Å². The van der Waals surface area contributed by atoms with Gasteiger partial charge in [-0.25, -0.2) is 5.48 Å². The van der Waals surface area contributed by atoms with Crippen molar-refractivity contribution < 1.29 is 19.9 Å². The van der Waals surface area contributed by atoms with Gasteiger partial charge in [-0.1, -0.05) is 30.3 Å². The van der Waals surface area contributed by atoms with Gasteiger partial charge in [0.05, 0.1) is 12.0 Å². The van der Waals surface area contributed by atoms with Gasteiger partial charge in [0, 0.05) is 19.0 Å². The molecular weight excluding hydrogens is 320 g/mol. The number of likely N-dealkylation sites (tertiary alicyclic amines) is 1. The number of nitrogens with one attached hydrogen (secondary N) is 1. The van der Waals surface area contributed by atoms with Crippen molar-refractivity contribution in [2.24, 2.45) is 11.8 Å². The predicted molar refractivity (Wildman–Crippen MR) is 91.8 cm³/mol. The van der Waals surface area contributed by atoms with E-state index in [1.54, 1.807) is 5.48 Å². The predicted octanol–water partition coefficient (Wildman–Crippen LogP) is 1.68. The standard InChI is InChI=1S/C19H26N2O4/c22-15-6-7-16(17(12-15)18(23)20-25)19(24)21-10-8-14(9-11-21)13-4-2-1-3-5-13/h1-5,14-17,22,25H,6-12H2,(H,20,23). The third-order valence-corrected chi connectivity index (χ3v) is 5.66. The van der Waals surface area contributed by atoms with Crippen LogP contribution in [0.3, 0.4) is 0 Å².